The number of ether oxygens (including phenoxy) is 1. The molecule has 0 heterocycles. The van der Waals surface area contributed by atoms with Gasteiger partial charge in [-0.05, 0) is 58.9 Å². The summed E-state index contributed by atoms with van der Waals surface area (Å²) in [6, 6.07) is 3.56. The molecule has 0 aliphatic heterocycles. The maximum Gasteiger partial charge on any atom is 0.186 e. The Bertz CT molecular complexity index is 701. The molecule has 0 spiro atoms. The van der Waals surface area contributed by atoms with Crippen LogP contribution in [0, 0.1) is 3.57 Å². The van der Waals surface area contributed by atoms with Gasteiger partial charge in [-0.25, -0.2) is 0 Å². The maximum atomic E-state index is 9.89. The standard InChI is InChI=1S/C27H46IN3O2S/c1-3-4-5-6-7-8-9-10-11-12-13-14-15-16-17-18-19-29-27(34)31-30-22-23-20-24(28)26(32)25(21-23)33-2/h20-22,32H,3-19H2,1-2H3,(H2,29,31,34). The van der Waals surface area contributed by atoms with Gasteiger partial charge in [0.2, 0.25) is 0 Å². The number of nitrogens with zero attached hydrogens (tertiary/aromatic N) is 1. The first-order valence-corrected chi connectivity index (χ1v) is 14.7. The van der Waals surface area contributed by atoms with E-state index in [1.807, 2.05) is 6.07 Å². The summed E-state index contributed by atoms with van der Waals surface area (Å²) in [5, 5.41) is 17.8. The summed E-state index contributed by atoms with van der Waals surface area (Å²) in [6.07, 6.45) is 23.7. The van der Waals surface area contributed by atoms with E-state index in [1.54, 1.807) is 12.3 Å². The highest BCUT2D eigenvalue weighted by Crippen LogP contribution is 2.31. The van der Waals surface area contributed by atoms with Gasteiger partial charge in [-0.3, -0.25) is 5.43 Å². The van der Waals surface area contributed by atoms with Crippen LogP contribution in [-0.2, 0) is 0 Å². The van der Waals surface area contributed by atoms with Crippen LogP contribution in [0.15, 0.2) is 17.2 Å². The molecule has 0 atom stereocenters. The summed E-state index contributed by atoms with van der Waals surface area (Å²) in [4.78, 5) is 0. The molecule has 0 radical (unpaired) electrons. The largest absolute Gasteiger partial charge is 0.504 e. The number of phenols is 1. The van der Waals surface area contributed by atoms with Crippen LogP contribution in [0.1, 0.15) is 115 Å². The Morgan fingerprint density at radius 3 is 1.91 bits per heavy atom. The van der Waals surface area contributed by atoms with Crippen molar-refractivity contribution in [3.05, 3.63) is 21.3 Å². The fraction of sp³-hybridized carbons (Fsp3) is 0.704. The topological polar surface area (TPSA) is 65.9 Å². The Morgan fingerprint density at radius 1 is 0.912 bits per heavy atom. The zero-order valence-corrected chi connectivity index (χ0v) is 24.3. The molecule has 0 amide bonds. The second-order valence-electron chi connectivity index (χ2n) is 8.98. The Balaban J connectivity index is 1.92. The zero-order valence-electron chi connectivity index (χ0n) is 21.3. The molecule has 0 saturated carbocycles. The van der Waals surface area contributed by atoms with Crippen LogP contribution in [-0.4, -0.2) is 30.1 Å². The van der Waals surface area contributed by atoms with E-state index >= 15 is 0 Å². The first kappa shape index (κ1) is 30.9. The summed E-state index contributed by atoms with van der Waals surface area (Å²) < 4.78 is 5.87. The third-order valence-corrected chi connectivity index (χ3v) is 7.02. The lowest BCUT2D eigenvalue weighted by Gasteiger charge is -2.08. The van der Waals surface area contributed by atoms with Crippen LogP contribution in [0.3, 0.4) is 0 Å². The van der Waals surface area contributed by atoms with E-state index in [9.17, 15) is 5.11 Å². The minimum Gasteiger partial charge on any atom is -0.504 e. The fourth-order valence-electron chi connectivity index (χ4n) is 3.90. The number of unbranched alkanes of at least 4 members (excludes halogenated alkanes) is 15. The van der Waals surface area contributed by atoms with Crippen molar-refractivity contribution in [2.45, 2.75) is 110 Å². The summed E-state index contributed by atoms with van der Waals surface area (Å²) in [7, 11) is 1.53. The van der Waals surface area contributed by atoms with Gasteiger partial charge < -0.3 is 15.2 Å². The molecule has 0 aromatic heterocycles. The highest BCUT2D eigenvalue weighted by molar-refractivity contribution is 14.1. The number of aromatic hydroxyl groups is 1. The quantitative estimate of drug-likeness (QED) is 0.0463. The van der Waals surface area contributed by atoms with Gasteiger partial charge in [0.1, 0.15) is 0 Å². The number of rotatable bonds is 20. The molecule has 7 heteroatoms. The Labute approximate surface area is 227 Å². The van der Waals surface area contributed by atoms with E-state index in [1.165, 1.54) is 103 Å². The Morgan fingerprint density at radius 2 is 1.41 bits per heavy atom. The van der Waals surface area contributed by atoms with Gasteiger partial charge >= 0.3 is 0 Å². The van der Waals surface area contributed by atoms with Gasteiger partial charge in [-0.2, -0.15) is 5.10 Å². The molecule has 1 aromatic rings. The van der Waals surface area contributed by atoms with Crippen LogP contribution >= 0.6 is 34.8 Å². The first-order chi connectivity index (χ1) is 16.6. The van der Waals surface area contributed by atoms with Crippen molar-refractivity contribution in [2.24, 2.45) is 5.10 Å². The molecule has 194 valence electrons. The molecule has 0 saturated heterocycles. The summed E-state index contributed by atoms with van der Waals surface area (Å²) in [5.41, 5.74) is 3.67. The van der Waals surface area contributed by atoms with E-state index in [2.05, 4.69) is 45.4 Å². The van der Waals surface area contributed by atoms with Crippen molar-refractivity contribution in [1.29, 1.82) is 0 Å². The molecule has 0 unspecified atom stereocenters. The molecular weight excluding hydrogens is 557 g/mol. The number of benzene rings is 1. The average molecular weight is 604 g/mol. The number of hydrogen-bond acceptors (Lipinski definition) is 4. The Hall–Kier alpha value is -1.09. The van der Waals surface area contributed by atoms with Gasteiger partial charge in [-0.1, -0.05) is 103 Å². The van der Waals surface area contributed by atoms with Crippen LogP contribution in [0.2, 0.25) is 0 Å². The van der Waals surface area contributed by atoms with Gasteiger partial charge in [0.05, 0.1) is 16.9 Å². The predicted molar refractivity (Wildman–Crippen MR) is 158 cm³/mol. The normalized spacial score (nSPS) is 11.1. The van der Waals surface area contributed by atoms with Gasteiger partial charge in [0.15, 0.2) is 16.6 Å². The lowest BCUT2D eigenvalue weighted by Crippen LogP contribution is -2.32. The molecule has 34 heavy (non-hydrogen) atoms. The molecule has 1 rings (SSSR count). The van der Waals surface area contributed by atoms with Crippen molar-refractivity contribution >= 4 is 46.1 Å². The minimum atomic E-state index is 0.143. The van der Waals surface area contributed by atoms with Gasteiger partial charge in [0, 0.05) is 6.54 Å². The van der Waals surface area contributed by atoms with Crippen molar-refractivity contribution in [1.82, 2.24) is 10.7 Å². The average Bonchev–Trinajstić information content (AvgIpc) is 2.83. The number of hydrazone groups is 1. The smallest absolute Gasteiger partial charge is 0.186 e. The van der Waals surface area contributed by atoms with E-state index in [0.29, 0.717) is 14.4 Å². The summed E-state index contributed by atoms with van der Waals surface area (Å²) in [6.45, 7) is 3.15. The van der Waals surface area contributed by atoms with Gasteiger partial charge in [-0.15, -0.1) is 0 Å². The lowest BCUT2D eigenvalue weighted by atomic mass is 10.0. The number of nitrogens with one attached hydrogen (secondary N) is 2. The van der Waals surface area contributed by atoms with Crippen LogP contribution < -0.4 is 15.5 Å². The molecular formula is C27H46IN3O2S. The zero-order chi connectivity index (χ0) is 24.9. The molecule has 0 aliphatic carbocycles. The highest BCUT2D eigenvalue weighted by atomic mass is 127. The van der Waals surface area contributed by atoms with Crippen LogP contribution in [0.4, 0.5) is 0 Å². The van der Waals surface area contributed by atoms with Crippen LogP contribution in [0.25, 0.3) is 0 Å². The van der Waals surface area contributed by atoms with E-state index in [0.717, 1.165) is 18.5 Å². The third-order valence-electron chi connectivity index (χ3n) is 5.97. The number of methoxy groups -OCH3 is 1. The molecule has 1 aromatic carbocycles. The molecule has 5 nitrogen and oxygen atoms in total. The van der Waals surface area contributed by atoms with Gasteiger partial charge in [0.25, 0.3) is 0 Å². The monoisotopic (exact) mass is 603 g/mol. The minimum absolute atomic E-state index is 0.143. The summed E-state index contributed by atoms with van der Waals surface area (Å²) in [5.74, 6) is 0.571. The van der Waals surface area contributed by atoms with E-state index in [4.69, 9.17) is 17.0 Å². The number of halogens is 1. The van der Waals surface area contributed by atoms with Crippen molar-refractivity contribution < 1.29 is 9.84 Å². The van der Waals surface area contributed by atoms with Crippen molar-refractivity contribution in [3.8, 4) is 11.5 Å². The lowest BCUT2D eigenvalue weighted by molar-refractivity contribution is 0.371. The van der Waals surface area contributed by atoms with Crippen molar-refractivity contribution in [3.63, 3.8) is 0 Å². The highest BCUT2D eigenvalue weighted by Gasteiger charge is 2.07. The third kappa shape index (κ3) is 15.7. The van der Waals surface area contributed by atoms with E-state index in [-0.39, 0.29) is 5.75 Å². The molecule has 3 N–H and O–H groups in total. The fourth-order valence-corrected chi connectivity index (χ4v) is 4.68. The van der Waals surface area contributed by atoms with Crippen LogP contribution in [0.5, 0.6) is 11.5 Å². The second-order valence-corrected chi connectivity index (χ2v) is 10.6. The SMILES string of the molecule is CCCCCCCCCCCCCCCCCCNC(=S)NN=Cc1cc(I)c(O)c(OC)c1. The molecule has 0 bridgehead atoms. The van der Waals surface area contributed by atoms with Crippen molar-refractivity contribution in [2.75, 3.05) is 13.7 Å². The maximum absolute atomic E-state index is 9.89. The van der Waals surface area contributed by atoms with E-state index < -0.39 is 0 Å². The number of thiocarbonyl (C=S) groups is 1. The predicted octanol–water partition coefficient (Wildman–Crippen LogP) is 8.06. The molecule has 0 fully saturated rings. The second kappa shape index (κ2) is 21.2. The molecule has 0 aliphatic rings. The summed E-state index contributed by atoms with van der Waals surface area (Å²) >= 11 is 7.33. The first-order valence-electron chi connectivity index (χ1n) is 13.2. The number of hydrogen-bond donors (Lipinski definition) is 3. The number of phenolic OH excluding ortho intramolecular Hbond substituents is 1. The Kier molecular flexibility index (Phi) is 19.3.